The number of amides is 1. The third-order valence-corrected chi connectivity index (χ3v) is 4.35. The minimum atomic E-state index is -0.0646. The summed E-state index contributed by atoms with van der Waals surface area (Å²) in [6.45, 7) is 5.33. The number of hydrogen-bond donors (Lipinski definition) is 3. The van der Waals surface area contributed by atoms with Crippen molar-refractivity contribution in [1.29, 1.82) is 0 Å². The Morgan fingerprint density at radius 2 is 2.19 bits per heavy atom. The van der Waals surface area contributed by atoms with Crippen LogP contribution >= 0.6 is 12.4 Å². The van der Waals surface area contributed by atoms with Crippen molar-refractivity contribution in [2.24, 2.45) is 5.92 Å². The van der Waals surface area contributed by atoms with E-state index in [1.807, 2.05) is 0 Å². The highest BCUT2D eigenvalue weighted by atomic mass is 35.5. The van der Waals surface area contributed by atoms with Gasteiger partial charge in [0.25, 0.3) is 5.91 Å². The lowest BCUT2D eigenvalue weighted by Crippen LogP contribution is -2.41. The summed E-state index contributed by atoms with van der Waals surface area (Å²) in [6.07, 6.45) is 2.94. The van der Waals surface area contributed by atoms with Crippen molar-refractivity contribution in [3.63, 3.8) is 0 Å². The number of rotatable bonds is 3. The van der Waals surface area contributed by atoms with E-state index in [1.54, 1.807) is 0 Å². The minimum Gasteiger partial charge on any atom is -0.381 e. The quantitative estimate of drug-likeness (QED) is 0.778. The molecule has 118 valence electrons. The van der Waals surface area contributed by atoms with E-state index in [4.69, 9.17) is 4.74 Å². The molecule has 1 fully saturated rings. The van der Waals surface area contributed by atoms with E-state index < -0.39 is 0 Å². The van der Waals surface area contributed by atoms with Gasteiger partial charge in [-0.05, 0) is 25.7 Å². The standard InChI is InChI=1S/C14H22N4O2.ClH/c1-9(10-3-6-20-7-4-10)16-14(19)13-11-8-15-5-2-12(11)17-18-13;/h9-10,15H,2-8H2,1H3,(H,16,19)(H,17,18);1H. The second-order valence-corrected chi connectivity index (χ2v) is 5.67. The molecule has 21 heavy (non-hydrogen) atoms. The van der Waals surface area contributed by atoms with Crippen LogP contribution in [0.2, 0.25) is 0 Å². The fourth-order valence-electron chi connectivity index (χ4n) is 3.02. The summed E-state index contributed by atoms with van der Waals surface area (Å²) >= 11 is 0. The van der Waals surface area contributed by atoms with Gasteiger partial charge in [0.2, 0.25) is 0 Å². The Bertz CT molecular complexity index is 485. The maximum Gasteiger partial charge on any atom is 0.272 e. The number of hydrogen-bond acceptors (Lipinski definition) is 4. The third-order valence-electron chi connectivity index (χ3n) is 4.35. The van der Waals surface area contributed by atoms with Crippen molar-refractivity contribution in [2.45, 2.75) is 38.8 Å². The normalized spacial score (nSPS) is 20.2. The van der Waals surface area contributed by atoms with E-state index in [0.717, 1.165) is 56.8 Å². The zero-order chi connectivity index (χ0) is 13.9. The van der Waals surface area contributed by atoms with Crippen LogP contribution in [-0.4, -0.2) is 41.9 Å². The lowest BCUT2D eigenvalue weighted by atomic mass is 9.93. The second kappa shape index (κ2) is 7.24. The molecule has 0 aliphatic carbocycles. The maximum atomic E-state index is 12.4. The maximum absolute atomic E-state index is 12.4. The van der Waals surface area contributed by atoms with Gasteiger partial charge >= 0.3 is 0 Å². The van der Waals surface area contributed by atoms with Crippen LogP contribution in [0.25, 0.3) is 0 Å². The van der Waals surface area contributed by atoms with E-state index in [9.17, 15) is 4.79 Å². The lowest BCUT2D eigenvalue weighted by molar-refractivity contribution is 0.0537. The third kappa shape index (κ3) is 3.56. The molecule has 0 radical (unpaired) electrons. The summed E-state index contributed by atoms with van der Waals surface area (Å²) in [4.78, 5) is 12.4. The summed E-state index contributed by atoms with van der Waals surface area (Å²) in [5, 5.41) is 13.6. The summed E-state index contributed by atoms with van der Waals surface area (Å²) < 4.78 is 5.36. The molecule has 0 saturated carbocycles. The first-order chi connectivity index (χ1) is 9.75. The minimum absolute atomic E-state index is 0. The molecule has 1 aromatic heterocycles. The fraction of sp³-hybridized carbons (Fsp3) is 0.714. The molecule has 3 N–H and O–H groups in total. The Hall–Kier alpha value is -1.11. The summed E-state index contributed by atoms with van der Waals surface area (Å²) in [7, 11) is 0. The molecule has 1 unspecified atom stereocenters. The van der Waals surface area contributed by atoms with Crippen molar-refractivity contribution in [3.05, 3.63) is 17.0 Å². The van der Waals surface area contributed by atoms with Crippen molar-refractivity contribution < 1.29 is 9.53 Å². The number of ether oxygens (including phenoxy) is 1. The van der Waals surface area contributed by atoms with Gasteiger partial charge in [0.1, 0.15) is 0 Å². The van der Waals surface area contributed by atoms with Gasteiger partial charge in [0.15, 0.2) is 5.69 Å². The topological polar surface area (TPSA) is 79.0 Å². The van der Waals surface area contributed by atoms with Gasteiger partial charge in [-0.1, -0.05) is 0 Å². The van der Waals surface area contributed by atoms with Gasteiger partial charge in [0, 0.05) is 50.0 Å². The van der Waals surface area contributed by atoms with Crippen molar-refractivity contribution in [2.75, 3.05) is 19.8 Å². The van der Waals surface area contributed by atoms with Crippen LogP contribution in [0.3, 0.4) is 0 Å². The van der Waals surface area contributed by atoms with Crippen LogP contribution in [0.5, 0.6) is 0 Å². The number of fused-ring (bicyclic) bond motifs is 1. The molecular weight excluding hydrogens is 292 g/mol. The Labute approximate surface area is 130 Å². The first kappa shape index (κ1) is 16.3. The first-order valence-electron chi connectivity index (χ1n) is 7.41. The average Bonchev–Trinajstić information content (AvgIpc) is 2.92. The van der Waals surface area contributed by atoms with Gasteiger partial charge in [-0.3, -0.25) is 9.89 Å². The highest BCUT2D eigenvalue weighted by Crippen LogP contribution is 2.20. The molecule has 0 spiro atoms. The van der Waals surface area contributed by atoms with Crippen molar-refractivity contribution in [1.82, 2.24) is 20.8 Å². The van der Waals surface area contributed by atoms with E-state index in [-0.39, 0.29) is 24.4 Å². The zero-order valence-corrected chi connectivity index (χ0v) is 13.1. The molecule has 3 heterocycles. The Balaban J connectivity index is 0.00000161. The second-order valence-electron chi connectivity index (χ2n) is 5.67. The van der Waals surface area contributed by atoms with Crippen LogP contribution < -0.4 is 10.6 Å². The molecule has 3 rings (SSSR count). The SMILES string of the molecule is CC(NC(=O)c1n[nH]c2c1CNCC2)C1CCOCC1.Cl. The number of carbonyl (C=O) groups is 1. The molecule has 6 nitrogen and oxygen atoms in total. The van der Waals surface area contributed by atoms with Gasteiger partial charge in [-0.2, -0.15) is 5.10 Å². The monoisotopic (exact) mass is 314 g/mol. The number of nitrogens with one attached hydrogen (secondary N) is 3. The smallest absolute Gasteiger partial charge is 0.272 e. The fourth-order valence-corrected chi connectivity index (χ4v) is 3.02. The van der Waals surface area contributed by atoms with Crippen LogP contribution in [-0.2, 0) is 17.7 Å². The molecule has 1 amide bonds. The average molecular weight is 315 g/mol. The molecule has 1 saturated heterocycles. The number of nitrogens with zero attached hydrogens (tertiary/aromatic N) is 1. The van der Waals surface area contributed by atoms with E-state index in [2.05, 4.69) is 27.8 Å². The van der Waals surface area contributed by atoms with E-state index in [1.165, 1.54) is 0 Å². The molecular formula is C14H23ClN4O2. The van der Waals surface area contributed by atoms with Crippen LogP contribution in [0.1, 0.15) is 41.5 Å². The van der Waals surface area contributed by atoms with E-state index >= 15 is 0 Å². The highest BCUT2D eigenvalue weighted by molar-refractivity contribution is 5.94. The summed E-state index contributed by atoms with van der Waals surface area (Å²) in [5.41, 5.74) is 2.66. The molecule has 1 atom stereocenters. The number of carbonyl (C=O) groups excluding carboxylic acids is 1. The van der Waals surface area contributed by atoms with Gasteiger partial charge in [-0.25, -0.2) is 0 Å². The number of halogens is 1. The first-order valence-corrected chi connectivity index (χ1v) is 7.41. The molecule has 2 aliphatic rings. The summed E-state index contributed by atoms with van der Waals surface area (Å²) in [6, 6.07) is 0.162. The molecule has 7 heteroatoms. The highest BCUT2D eigenvalue weighted by Gasteiger charge is 2.26. The van der Waals surface area contributed by atoms with Crippen molar-refractivity contribution >= 4 is 18.3 Å². The Morgan fingerprint density at radius 3 is 2.95 bits per heavy atom. The predicted octanol–water partition coefficient (Wildman–Crippen LogP) is 1.02. The number of aromatic nitrogens is 2. The zero-order valence-electron chi connectivity index (χ0n) is 12.3. The molecule has 0 bridgehead atoms. The molecule has 2 aliphatic heterocycles. The van der Waals surface area contributed by atoms with Crippen LogP contribution in [0.4, 0.5) is 0 Å². The number of aromatic amines is 1. The van der Waals surface area contributed by atoms with Crippen LogP contribution in [0.15, 0.2) is 0 Å². The molecule has 0 aromatic carbocycles. The Morgan fingerprint density at radius 1 is 1.43 bits per heavy atom. The summed E-state index contributed by atoms with van der Waals surface area (Å²) in [5.74, 6) is 0.436. The Kier molecular flexibility index (Phi) is 5.61. The number of H-pyrrole nitrogens is 1. The molecule has 1 aromatic rings. The van der Waals surface area contributed by atoms with Crippen molar-refractivity contribution in [3.8, 4) is 0 Å². The van der Waals surface area contributed by atoms with Gasteiger partial charge < -0.3 is 15.4 Å². The van der Waals surface area contributed by atoms with E-state index in [0.29, 0.717) is 11.6 Å². The predicted molar refractivity (Wildman–Crippen MR) is 81.7 cm³/mol. The van der Waals surface area contributed by atoms with Gasteiger partial charge in [0.05, 0.1) is 0 Å². The lowest BCUT2D eigenvalue weighted by Gasteiger charge is -2.28. The van der Waals surface area contributed by atoms with Crippen LogP contribution in [0, 0.1) is 5.92 Å². The van der Waals surface area contributed by atoms with Gasteiger partial charge in [-0.15, -0.1) is 12.4 Å². The largest absolute Gasteiger partial charge is 0.381 e.